The smallest absolute Gasteiger partial charge is 0.263 e. The molecule has 218 valence electrons. The lowest BCUT2D eigenvalue weighted by Gasteiger charge is -2.18. The largest absolute Gasteiger partial charge is 0.491 e. The van der Waals surface area contributed by atoms with Crippen LogP contribution in [0.5, 0.6) is 5.75 Å². The van der Waals surface area contributed by atoms with Crippen LogP contribution in [-0.2, 0) is 17.6 Å². The fraction of sp³-hybridized carbons (Fsp3) is 0.242. The third kappa shape index (κ3) is 5.31. The molecule has 0 spiro atoms. The summed E-state index contributed by atoms with van der Waals surface area (Å²) >= 11 is 0. The number of amides is 1. The summed E-state index contributed by atoms with van der Waals surface area (Å²) in [4.78, 5) is 30.7. The van der Waals surface area contributed by atoms with E-state index >= 15 is 4.39 Å². The zero-order valence-corrected chi connectivity index (χ0v) is 24.2. The molecule has 0 saturated carbocycles. The van der Waals surface area contributed by atoms with Crippen molar-refractivity contribution in [2.75, 3.05) is 0 Å². The molecule has 0 radical (unpaired) electrons. The van der Waals surface area contributed by atoms with Gasteiger partial charge in [0.1, 0.15) is 17.9 Å². The summed E-state index contributed by atoms with van der Waals surface area (Å²) in [6.45, 7) is 5.91. The molecule has 6 rings (SSSR count). The molecule has 43 heavy (non-hydrogen) atoms. The molecule has 1 amide bonds. The number of hydrazone groups is 1. The van der Waals surface area contributed by atoms with Gasteiger partial charge in [0, 0.05) is 17.5 Å². The van der Waals surface area contributed by atoms with Gasteiger partial charge in [0.25, 0.3) is 5.56 Å². The molecule has 10 heteroatoms. The number of nitrogens with one attached hydrogen (secondary N) is 1. The van der Waals surface area contributed by atoms with E-state index in [1.807, 2.05) is 57.2 Å². The molecule has 0 aliphatic carbocycles. The highest BCUT2D eigenvalue weighted by atomic mass is 19.1. The molecule has 0 bridgehead atoms. The van der Waals surface area contributed by atoms with Gasteiger partial charge in [0.15, 0.2) is 0 Å². The Morgan fingerprint density at radius 2 is 1.79 bits per heavy atom. The van der Waals surface area contributed by atoms with E-state index in [1.165, 1.54) is 10.9 Å². The lowest BCUT2D eigenvalue weighted by Crippen LogP contribution is -2.29. The zero-order valence-electron chi connectivity index (χ0n) is 24.2. The molecule has 5 aromatic rings. The first kappa shape index (κ1) is 28.0. The maximum Gasteiger partial charge on any atom is 0.263 e. The van der Waals surface area contributed by atoms with Crippen LogP contribution in [0.25, 0.3) is 22.6 Å². The first-order valence-electron chi connectivity index (χ1n) is 14.3. The number of ether oxygens (including phenoxy) is 1. The number of aromatic nitrogens is 4. The highest BCUT2D eigenvalue weighted by molar-refractivity contribution is 6.16. The van der Waals surface area contributed by atoms with Crippen molar-refractivity contribution in [3.8, 4) is 22.6 Å². The fourth-order valence-corrected chi connectivity index (χ4v) is 5.50. The van der Waals surface area contributed by atoms with Crippen LogP contribution >= 0.6 is 0 Å². The van der Waals surface area contributed by atoms with Gasteiger partial charge in [-0.15, -0.1) is 0 Å². The van der Waals surface area contributed by atoms with E-state index in [2.05, 4.69) is 20.6 Å². The number of carbonyl (C=O) groups excluding carboxylic acids is 1. The van der Waals surface area contributed by atoms with Gasteiger partial charge < -0.3 is 4.74 Å². The lowest BCUT2D eigenvalue weighted by atomic mass is 9.90. The molecule has 2 aromatic heterocycles. The number of carbonyl (C=O) groups is 1. The Morgan fingerprint density at radius 1 is 1.02 bits per heavy atom. The summed E-state index contributed by atoms with van der Waals surface area (Å²) in [7, 11) is 0. The van der Waals surface area contributed by atoms with Gasteiger partial charge in [0.05, 0.1) is 29.6 Å². The van der Waals surface area contributed by atoms with Crippen molar-refractivity contribution in [1.82, 2.24) is 24.6 Å². The van der Waals surface area contributed by atoms with Gasteiger partial charge in [-0.2, -0.15) is 15.2 Å². The maximum atomic E-state index is 16.6. The number of aryl methyl sites for hydroxylation is 1. The van der Waals surface area contributed by atoms with Crippen LogP contribution < -0.4 is 15.7 Å². The molecule has 1 aliphatic heterocycles. The number of halogens is 1. The summed E-state index contributed by atoms with van der Waals surface area (Å²) < 4.78 is 25.5. The van der Waals surface area contributed by atoms with Crippen molar-refractivity contribution >= 4 is 17.4 Å². The van der Waals surface area contributed by atoms with Crippen LogP contribution in [0.3, 0.4) is 0 Å². The predicted molar refractivity (Wildman–Crippen MR) is 162 cm³/mol. The van der Waals surface area contributed by atoms with E-state index in [4.69, 9.17) is 4.74 Å². The van der Waals surface area contributed by atoms with Crippen LogP contribution in [0.2, 0.25) is 0 Å². The van der Waals surface area contributed by atoms with Crippen molar-refractivity contribution < 1.29 is 13.9 Å². The van der Waals surface area contributed by atoms with Crippen molar-refractivity contribution in [3.63, 3.8) is 0 Å². The van der Waals surface area contributed by atoms with Crippen LogP contribution in [0.15, 0.2) is 83.0 Å². The number of rotatable bonds is 9. The second kappa shape index (κ2) is 11.6. The predicted octanol–water partition coefficient (Wildman–Crippen LogP) is 5.24. The molecule has 0 fully saturated rings. The quantitative estimate of drug-likeness (QED) is 0.258. The summed E-state index contributed by atoms with van der Waals surface area (Å²) in [5.74, 6) is 0.246. The normalized spacial score (nSPS) is 13.0. The van der Waals surface area contributed by atoms with E-state index in [0.29, 0.717) is 51.7 Å². The SMILES string of the molecule is CCCc1c(Cc2ccc(-c3ccccc3)c(C3=NNC(=O)C3)c2F)c(=O)n(-c2ccc(OC(C)C)cc2)c2ncnn12. The Morgan fingerprint density at radius 3 is 2.47 bits per heavy atom. The van der Waals surface area contributed by atoms with Crippen LogP contribution in [0.4, 0.5) is 4.39 Å². The molecule has 0 unspecified atom stereocenters. The van der Waals surface area contributed by atoms with Crippen molar-refractivity contribution in [2.24, 2.45) is 5.10 Å². The lowest BCUT2D eigenvalue weighted by molar-refractivity contribution is -0.119. The monoisotopic (exact) mass is 578 g/mol. The van der Waals surface area contributed by atoms with Gasteiger partial charge in [-0.25, -0.2) is 18.9 Å². The fourth-order valence-electron chi connectivity index (χ4n) is 5.50. The molecule has 0 atom stereocenters. The summed E-state index contributed by atoms with van der Waals surface area (Å²) in [5.41, 5.74) is 6.14. The highest BCUT2D eigenvalue weighted by Gasteiger charge is 2.27. The van der Waals surface area contributed by atoms with E-state index in [0.717, 1.165) is 12.0 Å². The molecule has 1 N–H and O–H groups in total. The Kier molecular flexibility index (Phi) is 7.58. The maximum absolute atomic E-state index is 16.6. The second-order valence-electron chi connectivity index (χ2n) is 10.7. The molecule has 9 nitrogen and oxygen atoms in total. The molecule has 0 saturated heterocycles. The van der Waals surface area contributed by atoms with Crippen molar-refractivity contribution in [1.29, 1.82) is 0 Å². The van der Waals surface area contributed by atoms with E-state index in [1.54, 1.807) is 34.8 Å². The molecular weight excluding hydrogens is 547 g/mol. The Bertz CT molecular complexity index is 1910. The first-order valence-corrected chi connectivity index (χ1v) is 14.3. The standard InChI is InChI=1S/C33H31FN6O3/c1-4-8-28-26(32(42)39(33-35-19-36-40(28)33)23-12-14-24(15-13-23)43-20(2)3)17-22-11-16-25(21-9-6-5-7-10-21)30(31(22)34)27-18-29(41)38-37-27/h5-7,9-16,19-20H,4,8,17-18H2,1-3H3,(H,38,41). The molecule has 3 aromatic carbocycles. The first-order chi connectivity index (χ1) is 20.9. The van der Waals surface area contributed by atoms with E-state index in [-0.39, 0.29) is 36.0 Å². The van der Waals surface area contributed by atoms with Crippen LogP contribution in [0.1, 0.15) is 56.0 Å². The third-order valence-electron chi connectivity index (χ3n) is 7.35. The topological polar surface area (TPSA) is 103 Å². The van der Waals surface area contributed by atoms with Gasteiger partial charge in [0.2, 0.25) is 11.7 Å². The number of hydrogen-bond donors (Lipinski definition) is 1. The Labute approximate surface area is 247 Å². The molecule has 3 heterocycles. The summed E-state index contributed by atoms with van der Waals surface area (Å²) in [6.07, 6.45) is 2.71. The number of nitrogens with zero attached hydrogens (tertiary/aromatic N) is 5. The average molecular weight is 579 g/mol. The molecule has 1 aliphatic rings. The van der Waals surface area contributed by atoms with Gasteiger partial charge in [-0.1, -0.05) is 55.8 Å². The highest BCUT2D eigenvalue weighted by Crippen LogP contribution is 2.31. The third-order valence-corrected chi connectivity index (χ3v) is 7.35. The molecular formula is C33H31FN6O3. The summed E-state index contributed by atoms with van der Waals surface area (Å²) in [5, 5.41) is 8.59. The van der Waals surface area contributed by atoms with Crippen LogP contribution in [0, 0.1) is 5.82 Å². The van der Waals surface area contributed by atoms with Crippen molar-refractivity contribution in [2.45, 2.75) is 52.6 Å². The van der Waals surface area contributed by atoms with E-state index in [9.17, 15) is 9.59 Å². The summed E-state index contributed by atoms with van der Waals surface area (Å²) in [6, 6.07) is 20.1. The van der Waals surface area contributed by atoms with E-state index < -0.39 is 5.82 Å². The van der Waals surface area contributed by atoms with Gasteiger partial charge >= 0.3 is 0 Å². The van der Waals surface area contributed by atoms with Gasteiger partial charge in [-0.3, -0.25) is 9.59 Å². The second-order valence-corrected chi connectivity index (χ2v) is 10.7. The number of fused-ring (bicyclic) bond motifs is 1. The number of benzene rings is 3. The minimum Gasteiger partial charge on any atom is -0.491 e. The zero-order chi connectivity index (χ0) is 30.1. The number of hydrogen-bond acceptors (Lipinski definition) is 6. The Hall–Kier alpha value is -5.12. The minimum atomic E-state index is -0.515. The van der Waals surface area contributed by atoms with Crippen molar-refractivity contribution in [3.05, 3.63) is 112 Å². The average Bonchev–Trinajstić information content (AvgIpc) is 3.66. The van der Waals surface area contributed by atoms with Gasteiger partial charge in [-0.05, 0) is 61.2 Å². The minimum absolute atomic E-state index is 0.00821. The Balaban J connectivity index is 1.52. The van der Waals surface area contributed by atoms with Crippen LogP contribution in [-0.4, -0.2) is 36.9 Å².